The second-order valence-electron chi connectivity index (χ2n) is 3.22. The zero-order valence-corrected chi connectivity index (χ0v) is 7.29. The van der Waals surface area contributed by atoms with E-state index in [2.05, 4.69) is 16.9 Å². The third-order valence-electron chi connectivity index (χ3n) is 2.37. The van der Waals surface area contributed by atoms with Crippen molar-refractivity contribution in [1.29, 1.82) is 0 Å². The Labute approximate surface area is 73.5 Å². The Kier molecular flexibility index (Phi) is 3.92. The molecule has 3 heteroatoms. The predicted molar refractivity (Wildman–Crippen MR) is 48.2 cm³/mol. The first kappa shape index (κ1) is 9.37. The third kappa shape index (κ3) is 2.72. The second-order valence-corrected chi connectivity index (χ2v) is 3.22. The van der Waals surface area contributed by atoms with Crippen LogP contribution in [0.4, 0.5) is 0 Å². The van der Waals surface area contributed by atoms with Crippen molar-refractivity contribution in [3.05, 3.63) is 0 Å². The summed E-state index contributed by atoms with van der Waals surface area (Å²) in [6.07, 6.45) is 2.17. The Morgan fingerprint density at radius 2 is 2.08 bits per heavy atom. The molecule has 0 amide bonds. The Morgan fingerprint density at radius 1 is 1.42 bits per heavy atom. The quantitative estimate of drug-likeness (QED) is 0.436. The van der Waals surface area contributed by atoms with Gasteiger partial charge in [0.15, 0.2) is 0 Å². The number of likely N-dealkylation sites (tertiary alicyclic amines) is 1. The largest absolute Gasteiger partial charge is 0.396 e. The Hall–Kier alpha value is -0.720. The smallest absolute Gasteiger partial charge is 0.0619 e. The van der Waals surface area contributed by atoms with Crippen LogP contribution in [-0.2, 0) is 0 Å². The fourth-order valence-corrected chi connectivity index (χ4v) is 1.48. The fraction of sp³-hybridized carbons (Fsp3) is 0.778. The summed E-state index contributed by atoms with van der Waals surface area (Å²) in [5.41, 5.74) is 5.07. The molecule has 0 radical (unpaired) electrons. The fourth-order valence-electron chi connectivity index (χ4n) is 1.48. The molecule has 1 rings (SSSR count). The average Bonchev–Trinajstić information content (AvgIpc) is 2.15. The van der Waals surface area contributed by atoms with E-state index < -0.39 is 0 Å². The van der Waals surface area contributed by atoms with Crippen molar-refractivity contribution >= 4 is 0 Å². The maximum atomic E-state index is 8.89. The van der Waals surface area contributed by atoms with Gasteiger partial charge in [0.1, 0.15) is 0 Å². The maximum Gasteiger partial charge on any atom is 0.0619 e. The van der Waals surface area contributed by atoms with Crippen LogP contribution >= 0.6 is 0 Å². The van der Waals surface area contributed by atoms with Crippen LogP contribution in [0, 0.1) is 17.9 Å². The molecule has 68 valence electrons. The monoisotopic (exact) mass is 168 g/mol. The van der Waals surface area contributed by atoms with Crippen LogP contribution in [0.15, 0.2) is 0 Å². The highest BCUT2D eigenvalue weighted by atomic mass is 16.3. The van der Waals surface area contributed by atoms with Crippen LogP contribution in [0.5, 0.6) is 0 Å². The molecule has 3 N–H and O–H groups in total. The highest BCUT2D eigenvalue weighted by Crippen LogP contribution is 2.15. The van der Waals surface area contributed by atoms with Crippen molar-refractivity contribution < 1.29 is 5.11 Å². The van der Waals surface area contributed by atoms with Crippen molar-refractivity contribution in [2.24, 2.45) is 11.7 Å². The normalized spacial score (nSPS) is 20.1. The van der Waals surface area contributed by atoms with E-state index in [1.807, 2.05) is 0 Å². The molecule has 0 aliphatic carbocycles. The molecule has 12 heavy (non-hydrogen) atoms. The predicted octanol–water partition coefficient (Wildman–Crippen LogP) is -0.390. The number of aliphatic hydroxyl groups excluding tert-OH is 1. The van der Waals surface area contributed by atoms with Gasteiger partial charge in [-0.25, -0.2) is 0 Å². The van der Waals surface area contributed by atoms with E-state index in [0.29, 0.717) is 12.5 Å². The topological polar surface area (TPSA) is 49.5 Å². The van der Waals surface area contributed by atoms with Crippen LogP contribution < -0.4 is 5.73 Å². The number of hydrogen-bond acceptors (Lipinski definition) is 3. The Bertz CT molecular complexity index is 175. The van der Waals surface area contributed by atoms with Gasteiger partial charge in [-0.2, -0.15) is 0 Å². The molecule has 0 aromatic heterocycles. The van der Waals surface area contributed by atoms with Crippen molar-refractivity contribution in [3.63, 3.8) is 0 Å². The number of hydrogen-bond donors (Lipinski definition) is 2. The highest BCUT2D eigenvalue weighted by Gasteiger charge is 2.16. The maximum absolute atomic E-state index is 8.89. The molecule has 1 saturated heterocycles. The van der Waals surface area contributed by atoms with Gasteiger partial charge in [-0.05, 0) is 31.8 Å². The molecule has 1 heterocycles. The van der Waals surface area contributed by atoms with Crippen LogP contribution in [-0.4, -0.2) is 36.2 Å². The molecule has 0 bridgehead atoms. The lowest BCUT2D eigenvalue weighted by Crippen LogP contribution is -2.35. The molecular weight excluding hydrogens is 152 g/mol. The number of nitrogens with zero attached hydrogens (tertiary/aromatic N) is 1. The molecule has 0 aromatic rings. The molecule has 0 atom stereocenters. The van der Waals surface area contributed by atoms with Crippen molar-refractivity contribution in [2.75, 3.05) is 26.2 Å². The van der Waals surface area contributed by atoms with Gasteiger partial charge in [-0.3, -0.25) is 4.90 Å². The number of aliphatic hydroxyl groups is 1. The SMILES string of the molecule is NC#CCN1CCC(CO)CC1. The standard InChI is InChI=1S/C9H16N2O/c10-4-1-5-11-6-2-9(8-12)3-7-11/h9,12H,2-3,5-8,10H2. The van der Waals surface area contributed by atoms with Gasteiger partial charge in [0, 0.05) is 12.7 Å². The van der Waals surface area contributed by atoms with Gasteiger partial charge >= 0.3 is 0 Å². The Balaban J connectivity index is 2.20. The van der Waals surface area contributed by atoms with E-state index in [1.165, 1.54) is 0 Å². The summed E-state index contributed by atoms with van der Waals surface area (Å²) in [5.74, 6) is 3.35. The van der Waals surface area contributed by atoms with E-state index in [-0.39, 0.29) is 0 Å². The summed E-state index contributed by atoms with van der Waals surface area (Å²) in [7, 11) is 0. The minimum absolute atomic E-state index is 0.330. The first-order chi connectivity index (χ1) is 5.86. The zero-order valence-electron chi connectivity index (χ0n) is 7.29. The summed E-state index contributed by atoms with van der Waals surface area (Å²) >= 11 is 0. The summed E-state index contributed by atoms with van der Waals surface area (Å²) in [6.45, 7) is 3.19. The Morgan fingerprint density at radius 3 is 2.58 bits per heavy atom. The lowest BCUT2D eigenvalue weighted by atomic mass is 9.98. The third-order valence-corrected chi connectivity index (χ3v) is 2.37. The van der Waals surface area contributed by atoms with Crippen LogP contribution in [0.1, 0.15) is 12.8 Å². The van der Waals surface area contributed by atoms with E-state index in [4.69, 9.17) is 10.8 Å². The molecule has 1 aliphatic rings. The number of piperidine rings is 1. The second kappa shape index (κ2) is 5.02. The first-order valence-electron chi connectivity index (χ1n) is 4.38. The number of nitrogens with two attached hydrogens (primary N) is 1. The van der Waals surface area contributed by atoms with Gasteiger partial charge in [0.25, 0.3) is 0 Å². The first-order valence-corrected chi connectivity index (χ1v) is 4.38. The zero-order chi connectivity index (χ0) is 8.81. The van der Waals surface area contributed by atoms with Crippen LogP contribution in [0.25, 0.3) is 0 Å². The van der Waals surface area contributed by atoms with Crippen molar-refractivity contribution in [3.8, 4) is 12.0 Å². The van der Waals surface area contributed by atoms with E-state index in [9.17, 15) is 0 Å². The molecule has 0 spiro atoms. The van der Waals surface area contributed by atoms with E-state index in [1.54, 1.807) is 0 Å². The molecule has 0 unspecified atom stereocenters. The van der Waals surface area contributed by atoms with Gasteiger partial charge < -0.3 is 10.8 Å². The van der Waals surface area contributed by atoms with Gasteiger partial charge in [0.2, 0.25) is 0 Å². The minimum atomic E-state index is 0.330. The van der Waals surface area contributed by atoms with Crippen LogP contribution in [0.2, 0.25) is 0 Å². The molecular formula is C9H16N2O. The summed E-state index contributed by atoms with van der Waals surface area (Å²) < 4.78 is 0. The summed E-state index contributed by atoms with van der Waals surface area (Å²) in [6, 6.07) is 2.40. The lowest BCUT2D eigenvalue weighted by Gasteiger charge is -2.29. The van der Waals surface area contributed by atoms with Gasteiger partial charge in [0.05, 0.1) is 6.54 Å². The number of rotatable bonds is 2. The van der Waals surface area contributed by atoms with Crippen LogP contribution in [0.3, 0.4) is 0 Å². The average molecular weight is 168 g/mol. The highest BCUT2D eigenvalue weighted by molar-refractivity contribution is 4.97. The molecule has 1 fully saturated rings. The molecule has 1 aliphatic heterocycles. The molecule has 3 nitrogen and oxygen atoms in total. The van der Waals surface area contributed by atoms with E-state index >= 15 is 0 Å². The van der Waals surface area contributed by atoms with Gasteiger partial charge in [-0.15, -0.1) is 0 Å². The minimum Gasteiger partial charge on any atom is -0.396 e. The summed E-state index contributed by atoms with van der Waals surface area (Å²) in [5, 5.41) is 8.89. The van der Waals surface area contributed by atoms with Gasteiger partial charge in [-0.1, -0.05) is 5.92 Å². The van der Waals surface area contributed by atoms with Crippen molar-refractivity contribution in [1.82, 2.24) is 4.90 Å². The summed E-state index contributed by atoms with van der Waals surface area (Å²) in [4.78, 5) is 2.27. The molecule has 0 saturated carbocycles. The van der Waals surface area contributed by atoms with E-state index in [0.717, 1.165) is 32.5 Å². The van der Waals surface area contributed by atoms with Crippen molar-refractivity contribution in [2.45, 2.75) is 12.8 Å². The molecule has 0 aromatic carbocycles. The lowest BCUT2D eigenvalue weighted by molar-refractivity contribution is 0.140.